The first-order chi connectivity index (χ1) is 13.2. The van der Waals surface area contributed by atoms with E-state index in [1.165, 1.54) is 11.3 Å². The van der Waals surface area contributed by atoms with Crippen molar-refractivity contribution in [1.29, 1.82) is 0 Å². The molecule has 6 nitrogen and oxygen atoms in total. The Morgan fingerprint density at radius 3 is 2.48 bits per heavy atom. The number of amides is 2. The predicted octanol–water partition coefficient (Wildman–Crippen LogP) is 3.21. The van der Waals surface area contributed by atoms with Crippen LogP contribution in [0.4, 0.5) is 0 Å². The quantitative estimate of drug-likeness (QED) is 0.643. The molecule has 0 aliphatic rings. The smallest absolute Gasteiger partial charge is 0.269 e. The van der Waals surface area contributed by atoms with E-state index < -0.39 is 0 Å². The molecule has 1 aromatic heterocycles. The molecular formula is C20H19N3O3S. The lowest BCUT2D eigenvalue weighted by atomic mass is 10.2. The zero-order valence-electron chi connectivity index (χ0n) is 14.8. The molecule has 3 rings (SSSR count). The Morgan fingerprint density at radius 2 is 1.78 bits per heavy atom. The average molecular weight is 381 g/mol. The maximum Gasteiger partial charge on any atom is 0.269 e. The second-order valence-corrected chi connectivity index (χ2v) is 6.50. The van der Waals surface area contributed by atoms with Crippen molar-refractivity contribution < 1.29 is 14.3 Å². The Hall–Kier alpha value is -3.19. The number of ether oxygens (including phenoxy) is 1. The normalized spacial score (nSPS) is 10.3. The Labute approximate surface area is 161 Å². The number of nitrogens with zero attached hydrogens (tertiary/aromatic N) is 1. The van der Waals surface area contributed by atoms with Crippen LogP contribution in [0.3, 0.4) is 0 Å². The fraction of sp³-hybridized carbons (Fsp3) is 0.150. The number of benzene rings is 2. The van der Waals surface area contributed by atoms with Gasteiger partial charge in [0.1, 0.15) is 10.8 Å². The third-order valence-electron chi connectivity index (χ3n) is 3.66. The molecule has 2 N–H and O–H groups in total. The summed E-state index contributed by atoms with van der Waals surface area (Å²) in [6.07, 6.45) is 0.0859. The van der Waals surface area contributed by atoms with Gasteiger partial charge in [-0.1, -0.05) is 18.2 Å². The highest BCUT2D eigenvalue weighted by Gasteiger charge is 2.11. The third kappa shape index (κ3) is 5.15. The predicted molar refractivity (Wildman–Crippen MR) is 104 cm³/mol. The number of hydrazine groups is 1. The molecule has 0 spiro atoms. The zero-order chi connectivity index (χ0) is 19.1. The average Bonchev–Trinajstić information content (AvgIpc) is 3.16. The summed E-state index contributed by atoms with van der Waals surface area (Å²) in [5.41, 5.74) is 6.90. The molecule has 0 aliphatic heterocycles. The molecule has 1 heterocycles. The highest BCUT2D eigenvalue weighted by molar-refractivity contribution is 7.13. The van der Waals surface area contributed by atoms with Crippen molar-refractivity contribution >= 4 is 23.2 Å². The molecule has 0 atom stereocenters. The molecule has 0 radical (unpaired) electrons. The van der Waals surface area contributed by atoms with Crippen LogP contribution < -0.4 is 15.6 Å². The molecule has 2 aromatic carbocycles. The van der Waals surface area contributed by atoms with E-state index in [1.54, 1.807) is 24.3 Å². The summed E-state index contributed by atoms with van der Waals surface area (Å²) in [5, 5.41) is 2.67. The maximum atomic E-state index is 12.0. The molecule has 0 unspecified atom stereocenters. The number of carbonyl (C=O) groups is 2. The van der Waals surface area contributed by atoms with Gasteiger partial charge in [0, 0.05) is 16.5 Å². The van der Waals surface area contributed by atoms with Crippen LogP contribution in [0.25, 0.3) is 10.6 Å². The first-order valence-electron chi connectivity index (χ1n) is 8.47. The Kier molecular flexibility index (Phi) is 6.17. The summed E-state index contributed by atoms with van der Waals surface area (Å²) in [6, 6.07) is 16.3. The fourth-order valence-electron chi connectivity index (χ4n) is 2.38. The number of carbonyl (C=O) groups excluding carboxylic acids is 2. The minimum absolute atomic E-state index is 0.0859. The molecule has 7 heteroatoms. The van der Waals surface area contributed by atoms with Crippen LogP contribution in [0, 0.1) is 0 Å². The first kappa shape index (κ1) is 18.6. The number of nitrogens with one attached hydrogen (secondary N) is 2. The topological polar surface area (TPSA) is 80.3 Å². The number of rotatable bonds is 6. The summed E-state index contributed by atoms with van der Waals surface area (Å²) in [4.78, 5) is 28.4. The SMILES string of the molecule is CCOc1ccc(-c2nc(CC(=O)NNC(=O)c3ccccc3)cs2)cc1. The summed E-state index contributed by atoms with van der Waals surface area (Å²) in [5.74, 6) is 0.117. The van der Waals surface area contributed by atoms with E-state index in [0.717, 1.165) is 16.3 Å². The Morgan fingerprint density at radius 1 is 1.04 bits per heavy atom. The minimum Gasteiger partial charge on any atom is -0.494 e. The third-order valence-corrected chi connectivity index (χ3v) is 4.60. The highest BCUT2D eigenvalue weighted by atomic mass is 32.1. The van der Waals surface area contributed by atoms with Crippen LogP contribution in [-0.2, 0) is 11.2 Å². The van der Waals surface area contributed by atoms with Gasteiger partial charge in [-0.15, -0.1) is 11.3 Å². The van der Waals surface area contributed by atoms with Gasteiger partial charge in [-0.25, -0.2) is 4.98 Å². The molecular weight excluding hydrogens is 362 g/mol. The van der Waals surface area contributed by atoms with Gasteiger partial charge >= 0.3 is 0 Å². The summed E-state index contributed by atoms with van der Waals surface area (Å²) in [7, 11) is 0. The molecule has 0 bridgehead atoms. The number of hydrogen-bond acceptors (Lipinski definition) is 5. The van der Waals surface area contributed by atoms with E-state index in [4.69, 9.17) is 4.74 Å². The number of hydrogen-bond donors (Lipinski definition) is 2. The molecule has 2 amide bonds. The fourth-order valence-corrected chi connectivity index (χ4v) is 3.20. The molecule has 3 aromatic rings. The van der Waals surface area contributed by atoms with Crippen molar-refractivity contribution in [2.75, 3.05) is 6.61 Å². The van der Waals surface area contributed by atoms with E-state index in [-0.39, 0.29) is 18.2 Å². The van der Waals surface area contributed by atoms with E-state index >= 15 is 0 Å². The van der Waals surface area contributed by atoms with Crippen molar-refractivity contribution in [1.82, 2.24) is 15.8 Å². The van der Waals surface area contributed by atoms with Crippen LogP contribution in [0.1, 0.15) is 23.0 Å². The van der Waals surface area contributed by atoms with E-state index in [9.17, 15) is 9.59 Å². The zero-order valence-corrected chi connectivity index (χ0v) is 15.6. The van der Waals surface area contributed by atoms with E-state index in [0.29, 0.717) is 17.9 Å². The second-order valence-electron chi connectivity index (χ2n) is 5.65. The van der Waals surface area contributed by atoms with Crippen LogP contribution in [0.2, 0.25) is 0 Å². The molecule has 27 heavy (non-hydrogen) atoms. The van der Waals surface area contributed by atoms with Crippen molar-refractivity contribution in [3.05, 3.63) is 71.2 Å². The lowest BCUT2D eigenvalue weighted by Gasteiger charge is -2.06. The summed E-state index contributed by atoms with van der Waals surface area (Å²) < 4.78 is 5.43. The summed E-state index contributed by atoms with van der Waals surface area (Å²) in [6.45, 7) is 2.56. The molecule has 0 fully saturated rings. The largest absolute Gasteiger partial charge is 0.494 e. The van der Waals surface area contributed by atoms with Crippen molar-refractivity contribution in [3.63, 3.8) is 0 Å². The maximum absolute atomic E-state index is 12.0. The highest BCUT2D eigenvalue weighted by Crippen LogP contribution is 2.25. The monoisotopic (exact) mass is 381 g/mol. The van der Waals surface area contributed by atoms with Gasteiger partial charge in [0.15, 0.2) is 0 Å². The molecule has 0 saturated carbocycles. The lowest BCUT2D eigenvalue weighted by molar-refractivity contribution is -0.121. The summed E-state index contributed by atoms with van der Waals surface area (Å²) >= 11 is 1.47. The van der Waals surface area contributed by atoms with E-state index in [1.807, 2.05) is 42.6 Å². The van der Waals surface area contributed by atoms with Crippen molar-refractivity contribution in [3.8, 4) is 16.3 Å². The van der Waals surface area contributed by atoms with Gasteiger partial charge < -0.3 is 4.74 Å². The van der Waals surface area contributed by atoms with Crippen LogP contribution in [-0.4, -0.2) is 23.4 Å². The number of aromatic nitrogens is 1. The van der Waals surface area contributed by atoms with Gasteiger partial charge in [0.25, 0.3) is 5.91 Å². The van der Waals surface area contributed by atoms with Crippen molar-refractivity contribution in [2.45, 2.75) is 13.3 Å². The van der Waals surface area contributed by atoms with Crippen LogP contribution in [0.5, 0.6) is 5.75 Å². The second kappa shape index (κ2) is 8.95. The van der Waals surface area contributed by atoms with Gasteiger partial charge in [-0.05, 0) is 43.3 Å². The van der Waals surface area contributed by atoms with Gasteiger partial charge in [-0.3, -0.25) is 20.4 Å². The molecule has 0 aliphatic carbocycles. The molecule has 0 saturated heterocycles. The van der Waals surface area contributed by atoms with Gasteiger partial charge in [0.05, 0.1) is 18.7 Å². The first-order valence-corrected chi connectivity index (χ1v) is 9.35. The van der Waals surface area contributed by atoms with Crippen molar-refractivity contribution in [2.24, 2.45) is 0 Å². The Balaban J connectivity index is 1.54. The standard InChI is InChI=1S/C20H19N3O3S/c1-2-26-17-10-8-15(9-11-17)20-21-16(13-27-20)12-18(24)22-23-19(25)14-6-4-3-5-7-14/h3-11,13H,2,12H2,1H3,(H,22,24)(H,23,25). The number of thiazole rings is 1. The van der Waals surface area contributed by atoms with Gasteiger partial charge in [0.2, 0.25) is 5.91 Å². The lowest BCUT2D eigenvalue weighted by Crippen LogP contribution is -2.42. The van der Waals surface area contributed by atoms with Crippen LogP contribution >= 0.6 is 11.3 Å². The Bertz CT molecular complexity index is 908. The minimum atomic E-state index is -0.364. The molecule has 138 valence electrons. The van der Waals surface area contributed by atoms with Gasteiger partial charge in [-0.2, -0.15) is 0 Å². The van der Waals surface area contributed by atoms with Crippen LogP contribution in [0.15, 0.2) is 60.0 Å². The van der Waals surface area contributed by atoms with E-state index in [2.05, 4.69) is 15.8 Å².